The van der Waals surface area contributed by atoms with Gasteiger partial charge < -0.3 is 5.11 Å². The lowest BCUT2D eigenvalue weighted by Crippen LogP contribution is -2.12. The molecule has 1 N–H and O–H groups in total. The second kappa shape index (κ2) is 7.69. The highest BCUT2D eigenvalue weighted by Gasteiger charge is 2.39. The number of carbonyl (C=O) groups is 1. The van der Waals surface area contributed by atoms with E-state index in [1.807, 2.05) is 0 Å². The van der Waals surface area contributed by atoms with Crippen LogP contribution in [0.2, 0.25) is 10.0 Å². The van der Waals surface area contributed by atoms with Gasteiger partial charge in [-0.15, -0.1) is 0 Å². The van der Waals surface area contributed by atoms with E-state index in [-0.39, 0.29) is 11.4 Å². The number of benzene rings is 2. The molecule has 3 rings (SSSR count). The van der Waals surface area contributed by atoms with Crippen molar-refractivity contribution in [2.75, 3.05) is 0 Å². The largest absolute Gasteiger partial charge is 0.478 e. The molecule has 9 heteroatoms. The molecule has 28 heavy (non-hydrogen) atoms. The van der Waals surface area contributed by atoms with Gasteiger partial charge in [0.15, 0.2) is 0 Å². The fraction of sp³-hybridized carbons (Fsp3) is 0.0526. The van der Waals surface area contributed by atoms with Crippen molar-refractivity contribution >= 4 is 35.4 Å². The standard InChI is InChI=1S/C19H11Cl2F3N2O2/c20-13-5-1-3-11(9-13)16-17(12-4-2-6-14(21)10-12)26(8-7-15(27)28)18(25-16)19(22,23)24/h1-10H,(H,27,28). The lowest BCUT2D eigenvalue weighted by atomic mass is 10.0. The van der Waals surface area contributed by atoms with Crippen LogP contribution in [0.4, 0.5) is 13.2 Å². The zero-order valence-electron chi connectivity index (χ0n) is 13.9. The number of aliphatic carboxylic acids is 1. The Morgan fingerprint density at radius 2 is 1.61 bits per heavy atom. The normalized spacial score (nSPS) is 11.9. The summed E-state index contributed by atoms with van der Waals surface area (Å²) in [6.45, 7) is 0. The summed E-state index contributed by atoms with van der Waals surface area (Å²) in [6, 6.07) is 12.4. The van der Waals surface area contributed by atoms with Gasteiger partial charge in [-0.1, -0.05) is 47.5 Å². The molecule has 0 atom stereocenters. The van der Waals surface area contributed by atoms with Crippen molar-refractivity contribution < 1.29 is 23.1 Å². The summed E-state index contributed by atoms with van der Waals surface area (Å²) < 4.78 is 41.6. The first kappa shape index (κ1) is 20.0. The van der Waals surface area contributed by atoms with Gasteiger partial charge in [0.25, 0.3) is 0 Å². The molecular formula is C19H11Cl2F3N2O2. The SMILES string of the molecule is O=C(O)C=Cn1c(C(F)(F)F)nc(-c2cccc(Cl)c2)c1-c1cccc(Cl)c1. The molecule has 0 saturated carbocycles. The summed E-state index contributed by atoms with van der Waals surface area (Å²) in [5.74, 6) is -2.67. The van der Waals surface area contributed by atoms with Crippen LogP contribution in [0.1, 0.15) is 5.82 Å². The van der Waals surface area contributed by atoms with E-state index in [1.165, 1.54) is 12.1 Å². The van der Waals surface area contributed by atoms with Crippen LogP contribution in [-0.2, 0) is 11.0 Å². The first-order chi connectivity index (χ1) is 13.2. The summed E-state index contributed by atoms with van der Waals surface area (Å²) in [7, 11) is 0. The van der Waals surface area contributed by atoms with E-state index in [2.05, 4.69) is 4.98 Å². The number of hydrogen-bond donors (Lipinski definition) is 1. The highest BCUT2D eigenvalue weighted by molar-refractivity contribution is 6.31. The third-order valence-corrected chi connectivity index (χ3v) is 4.20. The maximum atomic E-state index is 13.6. The molecule has 0 amide bonds. The van der Waals surface area contributed by atoms with E-state index in [0.29, 0.717) is 31.8 Å². The van der Waals surface area contributed by atoms with Crippen LogP contribution in [0.5, 0.6) is 0 Å². The molecule has 0 bridgehead atoms. The van der Waals surface area contributed by atoms with E-state index in [1.54, 1.807) is 36.4 Å². The quantitative estimate of drug-likeness (QED) is 0.512. The van der Waals surface area contributed by atoms with Crippen LogP contribution in [0.15, 0.2) is 54.6 Å². The number of halogens is 5. The van der Waals surface area contributed by atoms with Crippen LogP contribution in [0.3, 0.4) is 0 Å². The predicted molar refractivity (Wildman–Crippen MR) is 101 cm³/mol. The van der Waals surface area contributed by atoms with Gasteiger partial charge in [-0.05, 0) is 24.3 Å². The number of alkyl halides is 3. The predicted octanol–water partition coefficient (Wildman–Crippen LogP) is 6.10. The number of hydrogen-bond acceptors (Lipinski definition) is 2. The molecule has 144 valence electrons. The molecule has 0 aliphatic carbocycles. The van der Waals surface area contributed by atoms with E-state index in [0.717, 1.165) is 6.20 Å². The van der Waals surface area contributed by atoms with E-state index < -0.39 is 18.0 Å². The summed E-state index contributed by atoms with van der Waals surface area (Å²) >= 11 is 12.0. The Balaban J connectivity index is 2.40. The van der Waals surface area contributed by atoms with Gasteiger partial charge in [0.05, 0.1) is 11.4 Å². The van der Waals surface area contributed by atoms with Crippen LogP contribution < -0.4 is 0 Å². The van der Waals surface area contributed by atoms with Gasteiger partial charge >= 0.3 is 12.1 Å². The summed E-state index contributed by atoms with van der Waals surface area (Å²) in [6.07, 6.45) is -3.41. The van der Waals surface area contributed by atoms with Crippen molar-refractivity contribution in [1.82, 2.24) is 9.55 Å². The van der Waals surface area contributed by atoms with Crippen molar-refractivity contribution in [3.8, 4) is 22.5 Å². The number of carboxylic acids is 1. The van der Waals surface area contributed by atoms with Gasteiger partial charge in [0, 0.05) is 33.4 Å². The van der Waals surface area contributed by atoms with Gasteiger partial charge in [-0.2, -0.15) is 13.2 Å². The second-order valence-corrected chi connectivity index (χ2v) is 6.55. The number of rotatable bonds is 4. The van der Waals surface area contributed by atoms with Crippen LogP contribution in [0, 0.1) is 0 Å². The molecule has 0 spiro atoms. The van der Waals surface area contributed by atoms with Gasteiger partial charge in [-0.25, -0.2) is 9.78 Å². The third-order valence-electron chi connectivity index (χ3n) is 3.73. The summed E-state index contributed by atoms with van der Waals surface area (Å²) in [5, 5.41) is 9.52. The summed E-state index contributed by atoms with van der Waals surface area (Å²) in [5.41, 5.74) is 0.706. The maximum absolute atomic E-state index is 13.6. The number of carboxylic acid groups (broad SMARTS) is 1. The first-order valence-corrected chi connectivity index (χ1v) is 8.55. The lowest BCUT2D eigenvalue weighted by Gasteiger charge is -2.11. The van der Waals surface area contributed by atoms with Crippen molar-refractivity contribution in [1.29, 1.82) is 0 Å². The van der Waals surface area contributed by atoms with Gasteiger partial charge in [0.2, 0.25) is 5.82 Å². The topological polar surface area (TPSA) is 55.1 Å². The van der Waals surface area contributed by atoms with Crippen LogP contribution in [-0.4, -0.2) is 20.6 Å². The highest BCUT2D eigenvalue weighted by atomic mass is 35.5. The van der Waals surface area contributed by atoms with Gasteiger partial charge in [0.1, 0.15) is 0 Å². The minimum Gasteiger partial charge on any atom is -0.478 e. The van der Waals surface area contributed by atoms with Crippen LogP contribution in [0.25, 0.3) is 28.7 Å². The molecule has 1 heterocycles. The maximum Gasteiger partial charge on any atom is 0.450 e. The Kier molecular flexibility index (Phi) is 5.49. The summed E-state index contributed by atoms with van der Waals surface area (Å²) in [4.78, 5) is 14.7. The minimum atomic E-state index is -4.83. The fourth-order valence-electron chi connectivity index (χ4n) is 2.66. The Labute approximate surface area is 167 Å². The molecule has 4 nitrogen and oxygen atoms in total. The van der Waals surface area contributed by atoms with E-state index >= 15 is 0 Å². The molecule has 3 aromatic rings. The van der Waals surface area contributed by atoms with E-state index in [4.69, 9.17) is 28.3 Å². The molecule has 0 fully saturated rings. The number of nitrogens with zero attached hydrogens (tertiary/aromatic N) is 2. The Bertz CT molecular complexity index is 1080. The lowest BCUT2D eigenvalue weighted by molar-refractivity contribution is -0.145. The highest BCUT2D eigenvalue weighted by Crippen LogP contribution is 2.39. The monoisotopic (exact) mass is 426 g/mol. The average Bonchev–Trinajstić information content (AvgIpc) is 3.00. The Hall–Kier alpha value is -2.77. The number of aromatic nitrogens is 2. The zero-order valence-corrected chi connectivity index (χ0v) is 15.4. The molecule has 0 aliphatic heterocycles. The molecule has 2 aromatic carbocycles. The van der Waals surface area contributed by atoms with Crippen molar-refractivity contribution in [2.24, 2.45) is 0 Å². The molecule has 0 radical (unpaired) electrons. The Morgan fingerprint density at radius 1 is 1.04 bits per heavy atom. The van der Waals surface area contributed by atoms with Crippen molar-refractivity contribution in [3.05, 3.63) is 70.5 Å². The zero-order chi connectivity index (χ0) is 20.5. The van der Waals surface area contributed by atoms with Crippen molar-refractivity contribution in [3.63, 3.8) is 0 Å². The molecule has 0 unspecified atom stereocenters. The van der Waals surface area contributed by atoms with Gasteiger partial charge in [-0.3, -0.25) is 4.57 Å². The third kappa shape index (κ3) is 4.21. The molecule has 0 aliphatic rings. The number of imidazole rings is 1. The first-order valence-electron chi connectivity index (χ1n) is 7.79. The Morgan fingerprint density at radius 3 is 2.14 bits per heavy atom. The van der Waals surface area contributed by atoms with E-state index in [9.17, 15) is 18.0 Å². The van der Waals surface area contributed by atoms with Crippen LogP contribution >= 0.6 is 23.2 Å². The smallest absolute Gasteiger partial charge is 0.450 e. The fourth-order valence-corrected chi connectivity index (χ4v) is 3.05. The minimum absolute atomic E-state index is 0.00729. The molecule has 0 saturated heterocycles. The van der Waals surface area contributed by atoms with Crippen molar-refractivity contribution in [2.45, 2.75) is 6.18 Å². The second-order valence-electron chi connectivity index (χ2n) is 5.68. The average molecular weight is 427 g/mol. The molecule has 1 aromatic heterocycles. The molecular weight excluding hydrogens is 416 g/mol.